The Labute approximate surface area is 100 Å². The molecule has 0 saturated heterocycles. The highest BCUT2D eigenvalue weighted by Crippen LogP contribution is 2.24. The van der Waals surface area contributed by atoms with Crippen molar-refractivity contribution >= 4 is 0 Å². The van der Waals surface area contributed by atoms with Crippen LogP contribution in [0.3, 0.4) is 0 Å². The monoisotopic (exact) mass is 228 g/mol. The van der Waals surface area contributed by atoms with Crippen molar-refractivity contribution in [3.63, 3.8) is 0 Å². The lowest BCUT2D eigenvalue weighted by Gasteiger charge is -2.09. The van der Waals surface area contributed by atoms with Crippen LogP contribution in [-0.2, 0) is 19.4 Å². The average molecular weight is 228 g/mol. The van der Waals surface area contributed by atoms with Gasteiger partial charge in [0.25, 0.3) is 0 Å². The molecule has 0 radical (unpaired) electrons. The number of nitrogens with two attached hydrogens (primary N) is 1. The Bertz CT molecular complexity index is 557. The molecule has 88 valence electrons. The summed E-state index contributed by atoms with van der Waals surface area (Å²) in [6.45, 7) is 2.54. The zero-order chi connectivity index (χ0) is 11.8. The minimum absolute atomic E-state index is 0.508. The number of aryl methyl sites for hydroxylation is 3. The maximum absolute atomic E-state index is 5.81. The number of aromatic nitrogens is 3. The average Bonchev–Trinajstić information content (AvgIpc) is 2.94. The summed E-state index contributed by atoms with van der Waals surface area (Å²) >= 11 is 0. The molecule has 2 aromatic heterocycles. The summed E-state index contributed by atoms with van der Waals surface area (Å²) in [6.07, 6.45) is 7.24. The van der Waals surface area contributed by atoms with Gasteiger partial charge in [-0.05, 0) is 43.4 Å². The highest BCUT2D eigenvalue weighted by Gasteiger charge is 2.16. The number of pyridine rings is 1. The van der Waals surface area contributed by atoms with Crippen molar-refractivity contribution in [3.05, 3.63) is 40.8 Å². The molecule has 2 heterocycles. The van der Waals surface area contributed by atoms with Crippen molar-refractivity contribution in [2.75, 3.05) is 0 Å². The number of nitrogens with zero attached hydrogens (tertiary/aromatic N) is 3. The van der Waals surface area contributed by atoms with Crippen LogP contribution in [0, 0.1) is 6.92 Å². The summed E-state index contributed by atoms with van der Waals surface area (Å²) in [7, 11) is 0. The highest BCUT2D eigenvalue weighted by atomic mass is 15.3. The quantitative estimate of drug-likeness (QED) is 0.848. The van der Waals surface area contributed by atoms with E-state index in [4.69, 9.17) is 10.7 Å². The van der Waals surface area contributed by atoms with Crippen LogP contribution in [0.5, 0.6) is 0 Å². The molecule has 0 saturated carbocycles. The minimum Gasteiger partial charge on any atom is -0.326 e. The molecular weight excluding hydrogens is 212 g/mol. The molecule has 4 heteroatoms. The molecule has 4 nitrogen and oxygen atoms in total. The summed E-state index contributed by atoms with van der Waals surface area (Å²) in [4.78, 5) is 4.73. The molecule has 2 N–H and O–H groups in total. The molecule has 0 spiro atoms. The van der Waals surface area contributed by atoms with E-state index in [1.807, 2.05) is 24.0 Å². The SMILES string of the molecule is Cc1cnn(-c2nc3c(cc2CN)CCC3)c1. The van der Waals surface area contributed by atoms with Crippen molar-refractivity contribution in [2.45, 2.75) is 32.7 Å². The van der Waals surface area contributed by atoms with Gasteiger partial charge in [0.15, 0.2) is 5.82 Å². The van der Waals surface area contributed by atoms with Crippen LogP contribution < -0.4 is 5.73 Å². The van der Waals surface area contributed by atoms with E-state index in [-0.39, 0.29) is 0 Å². The summed E-state index contributed by atoms with van der Waals surface area (Å²) < 4.78 is 1.83. The lowest BCUT2D eigenvalue weighted by Crippen LogP contribution is -2.09. The Morgan fingerprint density at radius 1 is 1.41 bits per heavy atom. The van der Waals surface area contributed by atoms with E-state index < -0.39 is 0 Å². The molecule has 0 atom stereocenters. The van der Waals surface area contributed by atoms with Crippen molar-refractivity contribution in [1.82, 2.24) is 14.8 Å². The van der Waals surface area contributed by atoms with Crippen LogP contribution in [0.1, 0.15) is 28.8 Å². The van der Waals surface area contributed by atoms with Gasteiger partial charge in [-0.2, -0.15) is 5.10 Å². The van der Waals surface area contributed by atoms with E-state index >= 15 is 0 Å². The van der Waals surface area contributed by atoms with Gasteiger partial charge in [-0.15, -0.1) is 0 Å². The summed E-state index contributed by atoms with van der Waals surface area (Å²) in [5.74, 6) is 0.890. The first kappa shape index (κ1) is 10.5. The normalized spacial score (nSPS) is 14.0. The minimum atomic E-state index is 0.508. The van der Waals surface area contributed by atoms with Gasteiger partial charge in [-0.25, -0.2) is 9.67 Å². The topological polar surface area (TPSA) is 56.7 Å². The Balaban J connectivity index is 2.15. The third-order valence-corrected chi connectivity index (χ3v) is 3.26. The fourth-order valence-corrected chi connectivity index (χ4v) is 2.39. The highest BCUT2D eigenvalue weighted by molar-refractivity contribution is 5.41. The third kappa shape index (κ3) is 1.74. The second kappa shape index (κ2) is 3.96. The van der Waals surface area contributed by atoms with Gasteiger partial charge >= 0.3 is 0 Å². The predicted octanol–water partition coefficient (Wildman–Crippen LogP) is 1.52. The fourth-order valence-electron chi connectivity index (χ4n) is 2.39. The van der Waals surface area contributed by atoms with Crippen LogP contribution in [0.2, 0.25) is 0 Å². The number of rotatable bonds is 2. The first-order chi connectivity index (χ1) is 8.28. The summed E-state index contributed by atoms with van der Waals surface area (Å²) in [6, 6.07) is 2.20. The zero-order valence-corrected chi connectivity index (χ0v) is 9.98. The van der Waals surface area contributed by atoms with E-state index in [1.165, 1.54) is 17.7 Å². The van der Waals surface area contributed by atoms with Gasteiger partial charge in [0.2, 0.25) is 0 Å². The Morgan fingerprint density at radius 3 is 3.00 bits per heavy atom. The lowest BCUT2D eigenvalue weighted by atomic mass is 10.1. The molecule has 0 aliphatic heterocycles. The molecule has 1 aliphatic carbocycles. The molecule has 0 aromatic carbocycles. The maximum Gasteiger partial charge on any atom is 0.158 e. The predicted molar refractivity (Wildman–Crippen MR) is 66.0 cm³/mol. The summed E-state index contributed by atoms with van der Waals surface area (Å²) in [5, 5.41) is 4.32. The van der Waals surface area contributed by atoms with Crippen molar-refractivity contribution in [1.29, 1.82) is 0 Å². The van der Waals surface area contributed by atoms with Gasteiger partial charge in [0, 0.05) is 24.0 Å². The number of hydrogen-bond donors (Lipinski definition) is 1. The van der Waals surface area contributed by atoms with Crippen molar-refractivity contribution in [2.24, 2.45) is 5.73 Å². The third-order valence-electron chi connectivity index (χ3n) is 3.26. The fraction of sp³-hybridized carbons (Fsp3) is 0.385. The summed E-state index contributed by atoms with van der Waals surface area (Å²) in [5.41, 5.74) is 10.6. The van der Waals surface area contributed by atoms with Crippen molar-refractivity contribution < 1.29 is 0 Å². The Morgan fingerprint density at radius 2 is 2.29 bits per heavy atom. The van der Waals surface area contributed by atoms with E-state index in [9.17, 15) is 0 Å². The molecule has 3 rings (SSSR count). The van der Waals surface area contributed by atoms with Gasteiger partial charge in [-0.3, -0.25) is 0 Å². The van der Waals surface area contributed by atoms with Gasteiger partial charge < -0.3 is 5.73 Å². The van der Waals surface area contributed by atoms with E-state index in [2.05, 4.69) is 11.2 Å². The van der Waals surface area contributed by atoms with E-state index in [1.54, 1.807) is 0 Å². The maximum atomic E-state index is 5.81. The second-order valence-electron chi connectivity index (χ2n) is 4.60. The van der Waals surface area contributed by atoms with Gasteiger partial charge in [0.1, 0.15) is 0 Å². The molecule has 0 bridgehead atoms. The lowest BCUT2D eigenvalue weighted by molar-refractivity contribution is 0.810. The van der Waals surface area contributed by atoms with Crippen LogP contribution >= 0.6 is 0 Å². The zero-order valence-electron chi connectivity index (χ0n) is 9.98. The number of hydrogen-bond acceptors (Lipinski definition) is 3. The van der Waals surface area contributed by atoms with Crippen LogP contribution in [0.4, 0.5) is 0 Å². The first-order valence-corrected chi connectivity index (χ1v) is 6.01. The Kier molecular flexibility index (Phi) is 2.44. The van der Waals surface area contributed by atoms with Crippen LogP contribution in [-0.4, -0.2) is 14.8 Å². The first-order valence-electron chi connectivity index (χ1n) is 6.01. The van der Waals surface area contributed by atoms with E-state index in [0.717, 1.165) is 29.8 Å². The van der Waals surface area contributed by atoms with Crippen LogP contribution in [0.25, 0.3) is 5.82 Å². The van der Waals surface area contributed by atoms with Gasteiger partial charge in [-0.1, -0.05) is 0 Å². The Hall–Kier alpha value is -1.68. The second-order valence-corrected chi connectivity index (χ2v) is 4.60. The molecule has 0 fully saturated rings. The van der Waals surface area contributed by atoms with E-state index in [0.29, 0.717) is 6.54 Å². The molecule has 17 heavy (non-hydrogen) atoms. The smallest absolute Gasteiger partial charge is 0.158 e. The largest absolute Gasteiger partial charge is 0.326 e. The number of fused-ring (bicyclic) bond motifs is 1. The molecule has 0 unspecified atom stereocenters. The van der Waals surface area contributed by atoms with Gasteiger partial charge in [0.05, 0.1) is 6.20 Å². The van der Waals surface area contributed by atoms with Crippen LogP contribution in [0.15, 0.2) is 18.5 Å². The standard InChI is InChI=1S/C13H16N4/c1-9-7-15-17(8-9)13-11(6-14)5-10-3-2-4-12(10)16-13/h5,7-8H,2-4,6,14H2,1H3. The molecule has 2 aromatic rings. The van der Waals surface area contributed by atoms with Crippen molar-refractivity contribution in [3.8, 4) is 5.82 Å². The molecule has 1 aliphatic rings. The molecular formula is C13H16N4. The molecule has 0 amide bonds.